The molecule has 1 aliphatic rings. The number of hydrogen-bond acceptors (Lipinski definition) is 7. The van der Waals surface area contributed by atoms with Crippen molar-refractivity contribution in [1.82, 2.24) is 4.90 Å². The van der Waals surface area contributed by atoms with E-state index in [9.17, 15) is 9.59 Å². The van der Waals surface area contributed by atoms with E-state index in [4.69, 9.17) is 23.7 Å². The summed E-state index contributed by atoms with van der Waals surface area (Å²) in [6.45, 7) is 13.6. The topological polar surface area (TPSA) is 83.5 Å². The average Bonchev–Trinajstić information content (AvgIpc) is 2.83. The normalized spacial score (nSPS) is 14.8. The van der Waals surface area contributed by atoms with Crippen LogP contribution in [-0.2, 0) is 33.3 Å². The second-order valence-corrected chi connectivity index (χ2v) is 9.76. The van der Waals surface area contributed by atoms with Crippen LogP contribution in [-0.4, -0.2) is 89.3 Å². The van der Waals surface area contributed by atoms with E-state index in [2.05, 4.69) is 38.1 Å². The molecule has 8 nitrogen and oxygen atoms in total. The zero-order valence-corrected chi connectivity index (χ0v) is 22.5. The predicted octanol–water partition coefficient (Wildman–Crippen LogP) is 3.54. The molecule has 0 spiro atoms. The Bertz CT molecular complexity index is 735. The molecule has 2 rings (SSSR count). The molecule has 1 fully saturated rings. The molecule has 0 radical (unpaired) electrons. The van der Waals surface area contributed by atoms with Crippen LogP contribution in [0.5, 0.6) is 0 Å². The summed E-state index contributed by atoms with van der Waals surface area (Å²) in [5.74, 6) is 1.38. The summed E-state index contributed by atoms with van der Waals surface area (Å²) in [4.78, 5) is 25.7. The van der Waals surface area contributed by atoms with Crippen LogP contribution in [0.2, 0.25) is 0 Å². The Hall–Kier alpha value is -2.00. The number of nitrogens with zero attached hydrogens (tertiary/aromatic N) is 1. The van der Waals surface area contributed by atoms with Gasteiger partial charge in [0, 0.05) is 19.0 Å². The highest BCUT2D eigenvalue weighted by atomic mass is 16.6. The van der Waals surface area contributed by atoms with E-state index in [1.165, 1.54) is 5.56 Å². The lowest BCUT2D eigenvalue weighted by Crippen LogP contribution is -2.53. The molecule has 0 bridgehead atoms. The average molecular weight is 508 g/mol. The SMILES string of the molecule is CC(C)C(=O)OCCOCCOCCOCCOCCC(=O)N1CC([C@@H](c2ccccc2)C(C)C)C1. The number of carbonyl (C=O) groups is 2. The Balaban J connectivity index is 1.38. The summed E-state index contributed by atoms with van der Waals surface area (Å²) in [6.07, 6.45) is 0.407. The highest BCUT2D eigenvalue weighted by molar-refractivity contribution is 5.77. The fourth-order valence-electron chi connectivity index (χ4n) is 4.27. The molecular weight excluding hydrogens is 462 g/mol. The van der Waals surface area contributed by atoms with Crippen molar-refractivity contribution in [3.8, 4) is 0 Å². The van der Waals surface area contributed by atoms with Crippen LogP contribution in [0.4, 0.5) is 0 Å². The number of carbonyl (C=O) groups excluding carboxylic acids is 2. The van der Waals surface area contributed by atoms with Crippen molar-refractivity contribution in [2.24, 2.45) is 17.8 Å². The van der Waals surface area contributed by atoms with Crippen LogP contribution < -0.4 is 0 Å². The lowest BCUT2D eigenvalue weighted by atomic mass is 9.74. The van der Waals surface area contributed by atoms with Crippen molar-refractivity contribution in [1.29, 1.82) is 0 Å². The molecule has 1 saturated heterocycles. The number of amides is 1. The molecule has 1 aliphatic heterocycles. The zero-order valence-electron chi connectivity index (χ0n) is 22.5. The molecule has 204 valence electrons. The van der Waals surface area contributed by atoms with Gasteiger partial charge in [-0.15, -0.1) is 0 Å². The van der Waals surface area contributed by atoms with Crippen molar-refractivity contribution < 1.29 is 33.3 Å². The number of likely N-dealkylation sites (tertiary alicyclic amines) is 1. The van der Waals surface area contributed by atoms with E-state index in [0.29, 0.717) is 77.0 Å². The first-order chi connectivity index (χ1) is 17.4. The minimum atomic E-state index is -0.216. The van der Waals surface area contributed by atoms with Crippen LogP contribution in [0.1, 0.15) is 45.6 Å². The van der Waals surface area contributed by atoms with E-state index in [1.54, 1.807) is 13.8 Å². The largest absolute Gasteiger partial charge is 0.463 e. The van der Waals surface area contributed by atoms with Gasteiger partial charge in [0.2, 0.25) is 5.91 Å². The maximum Gasteiger partial charge on any atom is 0.308 e. The Morgan fingerprint density at radius 1 is 0.778 bits per heavy atom. The van der Waals surface area contributed by atoms with Crippen molar-refractivity contribution in [2.45, 2.75) is 40.0 Å². The van der Waals surface area contributed by atoms with Gasteiger partial charge in [0.15, 0.2) is 0 Å². The maximum atomic E-state index is 12.4. The van der Waals surface area contributed by atoms with Gasteiger partial charge >= 0.3 is 5.97 Å². The Kier molecular flexibility index (Phi) is 14.7. The van der Waals surface area contributed by atoms with Crippen LogP contribution in [0.25, 0.3) is 0 Å². The first-order valence-corrected chi connectivity index (χ1v) is 13.2. The molecule has 1 amide bonds. The van der Waals surface area contributed by atoms with Crippen molar-refractivity contribution in [3.05, 3.63) is 35.9 Å². The van der Waals surface area contributed by atoms with Gasteiger partial charge in [0.05, 0.1) is 65.2 Å². The van der Waals surface area contributed by atoms with Crippen LogP contribution in [0.3, 0.4) is 0 Å². The highest BCUT2D eigenvalue weighted by Crippen LogP contribution is 2.37. The van der Waals surface area contributed by atoms with Crippen LogP contribution in [0.15, 0.2) is 30.3 Å². The van der Waals surface area contributed by atoms with E-state index >= 15 is 0 Å². The standard InChI is InChI=1S/C28H45NO7/c1-22(2)27(24-8-6-5-7-9-24)25-20-29(21-25)26(30)10-11-32-12-13-33-14-15-34-16-17-35-18-19-36-28(31)23(3)4/h5-9,22-23,25,27H,10-21H2,1-4H3/t27-/m1/s1. The smallest absolute Gasteiger partial charge is 0.308 e. The third-order valence-corrected chi connectivity index (χ3v) is 6.19. The van der Waals surface area contributed by atoms with Gasteiger partial charge in [-0.25, -0.2) is 0 Å². The number of benzene rings is 1. The van der Waals surface area contributed by atoms with Gasteiger partial charge in [0.25, 0.3) is 0 Å². The number of esters is 1. The molecule has 0 unspecified atom stereocenters. The molecule has 1 atom stereocenters. The minimum absolute atomic E-state index is 0.122. The summed E-state index contributed by atoms with van der Waals surface area (Å²) in [7, 11) is 0. The molecular formula is C28H45NO7. The van der Waals surface area contributed by atoms with E-state index in [0.717, 1.165) is 13.1 Å². The fraction of sp³-hybridized carbons (Fsp3) is 0.714. The number of hydrogen-bond donors (Lipinski definition) is 0. The molecule has 36 heavy (non-hydrogen) atoms. The van der Waals surface area contributed by atoms with E-state index in [1.807, 2.05) is 11.0 Å². The second-order valence-electron chi connectivity index (χ2n) is 9.76. The van der Waals surface area contributed by atoms with E-state index < -0.39 is 0 Å². The predicted molar refractivity (Wildman–Crippen MR) is 138 cm³/mol. The second kappa shape index (κ2) is 17.5. The van der Waals surface area contributed by atoms with Crippen LogP contribution >= 0.6 is 0 Å². The van der Waals surface area contributed by atoms with Gasteiger partial charge in [-0.05, 0) is 17.4 Å². The van der Waals surface area contributed by atoms with Crippen LogP contribution in [0, 0.1) is 17.8 Å². The molecule has 1 aromatic carbocycles. The molecule has 1 heterocycles. The summed E-state index contributed by atoms with van der Waals surface area (Å²) < 4.78 is 26.8. The third kappa shape index (κ3) is 11.4. The minimum Gasteiger partial charge on any atom is -0.463 e. The summed E-state index contributed by atoms with van der Waals surface area (Å²) in [6, 6.07) is 10.6. The summed E-state index contributed by atoms with van der Waals surface area (Å²) >= 11 is 0. The van der Waals surface area contributed by atoms with Crippen molar-refractivity contribution >= 4 is 11.9 Å². The van der Waals surface area contributed by atoms with Crippen molar-refractivity contribution in [2.75, 3.05) is 72.6 Å². The van der Waals surface area contributed by atoms with Gasteiger partial charge < -0.3 is 28.6 Å². The van der Waals surface area contributed by atoms with Gasteiger partial charge in [-0.3, -0.25) is 9.59 Å². The van der Waals surface area contributed by atoms with Gasteiger partial charge in [-0.2, -0.15) is 0 Å². The summed E-state index contributed by atoms with van der Waals surface area (Å²) in [5, 5.41) is 0. The van der Waals surface area contributed by atoms with Gasteiger partial charge in [0.1, 0.15) is 6.61 Å². The fourth-order valence-corrected chi connectivity index (χ4v) is 4.27. The first kappa shape index (κ1) is 30.2. The van der Waals surface area contributed by atoms with Gasteiger partial charge in [-0.1, -0.05) is 58.0 Å². The molecule has 0 aliphatic carbocycles. The molecule has 8 heteroatoms. The Morgan fingerprint density at radius 3 is 1.78 bits per heavy atom. The first-order valence-electron chi connectivity index (χ1n) is 13.2. The highest BCUT2D eigenvalue weighted by Gasteiger charge is 2.37. The quantitative estimate of drug-likeness (QED) is 0.209. The maximum absolute atomic E-state index is 12.4. The lowest BCUT2D eigenvalue weighted by Gasteiger charge is -2.45. The monoisotopic (exact) mass is 507 g/mol. The molecule has 0 aromatic heterocycles. The summed E-state index contributed by atoms with van der Waals surface area (Å²) in [5.41, 5.74) is 1.37. The molecule has 0 saturated carbocycles. The van der Waals surface area contributed by atoms with E-state index in [-0.39, 0.29) is 24.4 Å². The van der Waals surface area contributed by atoms with Crippen molar-refractivity contribution in [3.63, 3.8) is 0 Å². The Labute approximate surface area is 216 Å². The number of rotatable bonds is 19. The molecule has 1 aromatic rings. The number of ether oxygens (including phenoxy) is 5. The third-order valence-electron chi connectivity index (χ3n) is 6.19. The Morgan fingerprint density at radius 2 is 1.28 bits per heavy atom. The lowest BCUT2D eigenvalue weighted by molar-refractivity contribution is -0.149. The molecule has 0 N–H and O–H groups in total. The zero-order chi connectivity index (χ0) is 26.2.